The van der Waals surface area contributed by atoms with Crippen LogP contribution in [0.3, 0.4) is 0 Å². The number of sulfonamides is 1. The highest BCUT2D eigenvalue weighted by molar-refractivity contribution is 7.92. The fourth-order valence-corrected chi connectivity index (χ4v) is 3.36. The van der Waals surface area contributed by atoms with E-state index in [1.54, 1.807) is 0 Å². The van der Waals surface area contributed by atoms with Crippen LogP contribution in [0.2, 0.25) is 0 Å². The Morgan fingerprint density at radius 3 is 2.44 bits per heavy atom. The Kier molecular flexibility index (Phi) is 6.51. The topological polar surface area (TPSA) is 110 Å². The van der Waals surface area contributed by atoms with Gasteiger partial charge in [-0.2, -0.15) is 0 Å². The third-order valence-corrected chi connectivity index (χ3v) is 5.13. The summed E-state index contributed by atoms with van der Waals surface area (Å²) in [6, 6.07) is 14.8. The summed E-state index contributed by atoms with van der Waals surface area (Å²) in [5.74, 6) is -0.436. The average molecular weight is 391 g/mol. The Morgan fingerprint density at radius 2 is 1.85 bits per heavy atom. The van der Waals surface area contributed by atoms with E-state index in [4.69, 9.17) is 0 Å². The van der Waals surface area contributed by atoms with Crippen molar-refractivity contribution < 1.29 is 18.1 Å². The molecule has 144 valence electrons. The first kappa shape index (κ1) is 20.4. The lowest BCUT2D eigenvalue weighted by atomic mass is 10.0. The molecule has 0 aliphatic rings. The van der Waals surface area contributed by atoms with E-state index in [1.165, 1.54) is 18.2 Å². The lowest BCUT2D eigenvalue weighted by Crippen LogP contribution is -2.41. The number of nitro benzene ring substituents is 1. The molecule has 1 atom stereocenters. The summed E-state index contributed by atoms with van der Waals surface area (Å²) < 4.78 is 25.0. The number of nitrogens with zero attached hydrogens (tertiary/aromatic N) is 2. The van der Waals surface area contributed by atoms with Gasteiger partial charge < -0.3 is 5.32 Å². The average Bonchev–Trinajstić information content (AvgIpc) is 2.64. The van der Waals surface area contributed by atoms with Crippen LogP contribution in [0.5, 0.6) is 0 Å². The SMILES string of the molecule is C[C@@H](CNC(=O)CN(c1cccc([N+](=O)[O-])c1)S(C)(=O)=O)c1ccccc1. The minimum absolute atomic E-state index is 0.0552. The Hall–Kier alpha value is -2.94. The quantitative estimate of drug-likeness (QED) is 0.548. The molecule has 9 heteroatoms. The van der Waals surface area contributed by atoms with E-state index in [1.807, 2.05) is 37.3 Å². The van der Waals surface area contributed by atoms with Crippen LogP contribution in [0.25, 0.3) is 0 Å². The molecule has 0 saturated carbocycles. The van der Waals surface area contributed by atoms with Crippen LogP contribution in [0.15, 0.2) is 54.6 Å². The molecule has 0 unspecified atom stereocenters. The van der Waals surface area contributed by atoms with Gasteiger partial charge in [0.15, 0.2) is 0 Å². The maximum atomic E-state index is 12.3. The number of carbonyl (C=O) groups is 1. The number of anilines is 1. The van der Waals surface area contributed by atoms with Crippen LogP contribution in [-0.4, -0.2) is 38.6 Å². The summed E-state index contributed by atoms with van der Waals surface area (Å²) in [6.07, 6.45) is 0.950. The van der Waals surface area contributed by atoms with E-state index in [0.717, 1.165) is 22.2 Å². The van der Waals surface area contributed by atoms with Gasteiger partial charge in [-0.25, -0.2) is 8.42 Å². The maximum Gasteiger partial charge on any atom is 0.271 e. The molecule has 27 heavy (non-hydrogen) atoms. The highest BCUT2D eigenvalue weighted by atomic mass is 32.2. The van der Waals surface area contributed by atoms with Crippen LogP contribution in [0, 0.1) is 10.1 Å². The third-order valence-electron chi connectivity index (χ3n) is 3.99. The number of non-ortho nitro benzene ring substituents is 1. The summed E-state index contributed by atoms with van der Waals surface area (Å²) in [4.78, 5) is 22.6. The van der Waals surface area contributed by atoms with Gasteiger partial charge in [-0.1, -0.05) is 43.3 Å². The van der Waals surface area contributed by atoms with Crippen molar-refractivity contribution in [2.24, 2.45) is 0 Å². The van der Waals surface area contributed by atoms with E-state index in [9.17, 15) is 23.3 Å². The van der Waals surface area contributed by atoms with Gasteiger partial charge >= 0.3 is 0 Å². The van der Waals surface area contributed by atoms with Gasteiger partial charge in [0.1, 0.15) is 6.54 Å². The zero-order valence-corrected chi connectivity index (χ0v) is 15.8. The number of nitro groups is 1. The summed E-state index contributed by atoms with van der Waals surface area (Å²) >= 11 is 0. The summed E-state index contributed by atoms with van der Waals surface area (Å²) in [6.45, 7) is 1.83. The number of benzene rings is 2. The molecule has 1 amide bonds. The van der Waals surface area contributed by atoms with Gasteiger partial charge in [0.2, 0.25) is 15.9 Å². The van der Waals surface area contributed by atoms with Crippen molar-refractivity contribution in [1.82, 2.24) is 5.32 Å². The highest BCUT2D eigenvalue weighted by Gasteiger charge is 2.22. The molecular weight excluding hydrogens is 370 g/mol. The fourth-order valence-electron chi connectivity index (χ4n) is 2.51. The van der Waals surface area contributed by atoms with Crippen LogP contribution < -0.4 is 9.62 Å². The van der Waals surface area contributed by atoms with E-state index >= 15 is 0 Å². The van der Waals surface area contributed by atoms with Gasteiger partial charge in [-0.05, 0) is 17.5 Å². The smallest absolute Gasteiger partial charge is 0.271 e. The summed E-state index contributed by atoms with van der Waals surface area (Å²) in [5, 5.41) is 13.6. The van der Waals surface area contributed by atoms with E-state index < -0.39 is 27.4 Å². The first-order chi connectivity index (χ1) is 12.7. The Balaban J connectivity index is 2.09. The molecule has 0 aromatic heterocycles. The largest absolute Gasteiger partial charge is 0.354 e. The molecular formula is C18H21N3O5S. The minimum Gasteiger partial charge on any atom is -0.354 e. The van der Waals surface area contributed by atoms with E-state index in [2.05, 4.69) is 5.32 Å². The molecule has 1 N–H and O–H groups in total. The first-order valence-corrected chi connectivity index (χ1v) is 10.1. The van der Waals surface area contributed by atoms with Gasteiger partial charge in [0.05, 0.1) is 16.9 Å². The molecule has 8 nitrogen and oxygen atoms in total. The Bertz CT molecular complexity index is 916. The van der Waals surface area contributed by atoms with Crippen molar-refractivity contribution in [3.8, 4) is 0 Å². The predicted molar refractivity (Wildman–Crippen MR) is 103 cm³/mol. The van der Waals surface area contributed by atoms with Gasteiger partial charge in [0.25, 0.3) is 5.69 Å². The number of hydrogen-bond donors (Lipinski definition) is 1. The highest BCUT2D eigenvalue weighted by Crippen LogP contribution is 2.23. The minimum atomic E-state index is -3.80. The predicted octanol–water partition coefficient (Wildman–Crippen LogP) is 2.28. The van der Waals surface area contributed by atoms with Gasteiger partial charge in [-0.3, -0.25) is 19.2 Å². The molecule has 0 aliphatic heterocycles. The number of nitrogens with one attached hydrogen (secondary N) is 1. The zero-order chi connectivity index (χ0) is 20.0. The third kappa shape index (κ3) is 5.78. The summed E-state index contributed by atoms with van der Waals surface area (Å²) in [5.41, 5.74) is 0.869. The van der Waals surface area contributed by atoms with Crippen molar-refractivity contribution in [3.05, 3.63) is 70.3 Å². The van der Waals surface area contributed by atoms with Crippen molar-refractivity contribution in [3.63, 3.8) is 0 Å². The number of amides is 1. The number of carbonyl (C=O) groups excluding carboxylic acids is 1. The molecule has 0 aliphatic carbocycles. The molecule has 0 saturated heterocycles. The van der Waals surface area contributed by atoms with E-state index in [-0.39, 0.29) is 17.3 Å². The monoisotopic (exact) mass is 391 g/mol. The van der Waals surface area contributed by atoms with Crippen molar-refractivity contribution in [1.29, 1.82) is 0 Å². The lowest BCUT2D eigenvalue weighted by molar-refractivity contribution is -0.384. The van der Waals surface area contributed by atoms with Crippen molar-refractivity contribution in [2.75, 3.05) is 23.7 Å². The second-order valence-electron chi connectivity index (χ2n) is 6.16. The molecule has 0 heterocycles. The van der Waals surface area contributed by atoms with Crippen LogP contribution >= 0.6 is 0 Å². The van der Waals surface area contributed by atoms with E-state index in [0.29, 0.717) is 6.54 Å². The van der Waals surface area contributed by atoms with Crippen molar-refractivity contribution >= 4 is 27.3 Å². The Labute approximate surface area is 158 Å². The standard InChI is InChI=1S/C18H21N3O5S/c1-14(15-7-4-3-5-8-15)12-19-18(22)13-20(27(2,25)26)16-9-6-10-17(11-16)21(23)24/h3-11,14H,12-13H2,1-2H3,(H,19,22)/t14-/m0/s1. The summed E-state index contributed by atoms with van der Waals surface area (Å²) in [7, 11) is -3.80. The second kappa shape index (κ2) is 8.63. The molecule has 0 spiro atoms. The zero-order valence-electron chi connectivity index (χ0n) is 15.0. The van der Waals surface area contributed by atoms with Gasteiger partial charge in [-0.15, -0.1) is 0 Å². The number of hydrogen-bond acceptors (Lipinski definition) is 5. The fraction of sp³-hybridized carbons (Fsp3) is 0.278. The molecule has 0 fully saturated rings. The van der Waals surface area contributed by atoms with Crippen LogP contribution in [0.4, 0.5) is 11.4 Å². The number of rotatable bonds is 8. The molecule has 0 radical (unpaired) electrons. The molecule has 2 aromatic rings. The first-order valence-electron chi connectivity index (χ1n) is 8.22. The van der Waals surface area contributed by atoms with Gasteiger partial charge in [0, 0.05) is 18.7 Å². The normalized spacial score (nSPS) is 12.2. The van der Waals surface area contributed by atoms with Crippen LogP contribution in [-0.2, 0) is 14.8 Å². The molecule has 2 aromatic carbocycles. The molecule has 2 rings (SSSR count). The molecule has 0 bridgehead atoms. The second-order valence-corrected chi connectivity index (χ2v) is 8.07. The van der Waals surface area contributed by atoms with Crippen molar-refractivity contribution in [2.45, 2.75) is 12.8 Å². The lowest BCUT2D eigenvalue weighted by Gasteiger charge is -2.22. The van der Waals surface area contributed by atoms with Crippen LogP contribution in [0.1, 0.15) is 18.4 Å². The maximum absolute atomic E-state index is 12.3. The Morgan fingerprint density at radius 1 is 1.19 bits per heavy atom.